The maximum atomic E-state index is 11.8. The van der Waals surface area contributed by atoms with Crippen LogP contribution < -0.4 is 4.90 Å². The van der Waals surface area contributed by atoms with Crippen molar-refractivity contribution >= 4 is 39.7 Å². The van der Waals surface area contributed by atoms with E-state index in [0.717, 1.165) is 30.1 Å². The third kappa shape index (κ3) is 4.79. The zero-order chi connectivity index (χ0) is 13.4. The van der Waals surface area contributed by atoms with Crippen LogP contribution in [-0.4, -0.2) is 34.8 Å². The summed E-state index contributed by atoms with van der Waals surface area (Å²) in [5.41, 5.74) is 1.08. The van der Waals surface area contributed by atoms with Gasteiger partial charge in [0, 0.05) is 41.2 Å². The number of hydrogen-bond donors (Lipinski definition) is 0. The van der Waals surface area contributed by atoms with E-state index in [1.165, 1.54) is 0 Å². The number of anilines is 1. The van der Waals surface area contributed by atoms with Gasteiger partial charge >= 0.3 is 0 Å². The van der Waals surface area contributed by atoms with Crippen LogP contribution >= 0.6 is 23.2 Å². The number of alkyl halides is 2. The highest BCUT2D eigenvalue weighted by molar-refractivity contribution is 7.85. The Kier molecular flexibility index (Phi) is 7.71. The van der Waals surface area contributed by atoms with E-state index in [9.17, 15) is 4.21 Å². The van der Waals surface area contributed by atoms with Gasteiger partial charge in [0.2, 0.25) is 0 Å². The lowest BCUT2D eigenvalue weighted by Crippen LogP contribution is -2.27. The molecule has 102 valence electrons. The summed E-state index contributed by atoms with van der Waals surface area (Å²) in [6, 6.07) is 7.83. The fourth-order valence-electron chi connectivity index (χ4n) is 1.69. The average Bonchev–Trinajstić information content (AvgIpc) is 2.39. The lowest BCUT2D eigenvalue weighted by Gasteiger charge is -2.22. The largest absolute Gasteiger partial charge is 0.369 e. The van der Waals surface area contributed by atoms with Gasteiger partial charge in [-0.25, -0.2) is 0 Å². The van der Waals surface area contributed by atoms with E-state index in [2.05, 4.69) is 4.90 Å². The Morgan fingerprint density at radius 2 is 1.67 bits per heavy atom. The third-order valence-electron chi connectivity index (χ3n) is 2.56. The fourth-order valence-corrected chi connectivity index (χ4v) is 3.14. The molecule has 0 unspecified atom stereocenters. The normalized spacial score (nSPS) is 12.4. The first-order valence-electron chi connectivity index (χ1n) is 6.08. The van der Waals surface area contributed by atoms with Gasteiger partial charge in [0.15, 0.2) is 0 Å². The van der Waals surface area contributed by atoms with Crippen LogP contribution in [0.5, 0.6) is 0 Å². The van der Waals surface area contributed by atoms with Gasteiger partial charge in [-0.1, -0.05) is 6.92 Å². The molecule has 0 amide bonds. The summed E-state index contributed by atoms with van der Waals surface area (Å²) in [7, 11) is -0.883. The number of hydrogen-bond acceptors (Lipinski definition) is 2. The van der Waals surface area contributed by atoms with E-state index >= 15 is 0 Å². The molecular weight excluding hydrogens is 289 g/mol. The molecule has 1 aromatic carbocycles. The molecule has 0 aromatic heterocycles. The molecule has 2 nitrogen and oxygen atoms in total. The molecule has 1 atom stereocenters. The molecule has 0 N–H and O–H groups in total. The SMILES string of the molecule is CCC[S@](=O)c1ccc(N(CCCl)CCCl)cc1. The van der Waals surface area contributed by atoms with E-state index in [1.54, 1.807) is 0 Å². The third-order valence-corrected chi connectivity index (χ3v) is 4.48. The predicted octanol–water partition coefficient (Wildman–Crippen LogP) is 3.49. The molecule has 0 bridgehead atoms. The Balaban J connectivity index is 2.76. The van der Waals surface area contributed by atoms with Crippen LogP contribution in [0.4, 0.5) is 5.69 Å². The summed E-state index contributed by atoms with van der Waals surface area (Å²) in [5.74, 6) is 1.85. The first kappa shape index (κ1) is 15.8. The van der Waals surface area contributed by atoms with Gasteiger partial charge in [0.05, 0.1) is 10.8 Å². The zero-order valence-electron chi connectivity index (χ0n) is 10.6. The van der Waals surface area contributed by atoms with Crippen molar-refractivity contribution in [3.8, 4) is 0 Å². The highest BCUT2D eigenvalue weighted by Crippen LogP contribution is 2.17. The fraction of sp³-hybridized carbons (Fsp3) is 0.538. The zero-order valence-corrected chi connectivity index (χ0v) is 12.9. The summed E-state index contributed by atoms with van der Waals surface area (Å²) >= 11 is 11.5. The van der Waals surface area contributed by atoms with Gasteiger partial charge in [-0.15, -0.1) is 23.2 Å². The minimum atomic E-state index is -0.883. The number of benzene rings is 1. The number of nitrogens with zero attached hydrogens (tertiary/aromatic N) is 1. The Bertz CT molecular complexity index is 364. The smallest absolute Gasteiger partial charge is 0.0529 e. The van der Waals surface area contributed by atoms with Gasteiger partial charge in [-0.05, 0) is 30.7 Å². The van der Waals surface area contributed by atoms with Crippen molar-refractivity contribution in [2.45, 2.75) is 18.2 Å². The van der Waals surface area contributed by atoms with Crippen LogP contribution in [0.1, 0.15) is 13.3 Å². The second-order valence-electron chi connectivity index (χ2n) is 3.91. The van der Waals surface area contributed by atoms with Gasteiger partial charge in [0.25, 0.3) is 0 Å². The molecule has 5 heteroatoms. The van der Waals surface area contributed by atoms with Crippen molar-refractivity contribution in [1.82, 2.24) is 0 Å². The van der Waals surface area contributed by atoms with E-state index < -0.39 is 10.8 Å². The number of rotatable bonds is 8. The summed E-state index contributed by atoms with van der Waals surface area (Å²) in [5, 5.41) is 0. The van der Waals surface area contributed by atoms with Gasteiger partial charge in [-0.3, -0.25) is 4.21 Å². The molecule has 0 heterocycles. The van der Waals surface area contributed by atoms with Crippen LogP contribution in [0.3, 0.4) is 0 Å². The van der Waals surface area contributed by atoms with E-state index in [1.807, 2.05) is 31.2 Å². The van der Waals surface area contributed by atoms with Crippen molar-refractivity contribution in [2.24, 2.45) is 0 Å². The molecule has 0 spiro atoms. The predicted molar refractivity (Wildman–Crippen MR) is 81.7 cm³/mol. The molecule has 0 aliphatic rings. The van der Waals surface area contributed by atoms with Crippen LogP contribution in [0.2, 0.25) is 0 Å². The minimum Gasteiger partial charge on any atom is -0.369 e. The topological polar surface area (TPSA) is 20.3 Å². The van der Waals surface area contributed by atoms with Crippen molar-refractivity contribution in [3.05, 3.63) is 24.3 Å². The Labute approximate surface area is 122 Å². The summed E-state index contributed by atoms with van der Waals surface area (Å²) in [6.45, 7) is 3.58. The second-order valence-corrected chi connectivity index (χ2v) is 6.24. The molecule has 0 saturated carbocycles. The second kappa shape index (κ2) is 8.78. The van der Waals surface area contributed by atoms with E-state index in [0.29, 0.717) is 17.5 Å². The first-order chi connectivity index (χ1) is 8.72. The van der Waals surface area contributed by atoms with Gasteiger partial charge in [-0.2, -0.15) is 0 Å². The standard InChI is InChI=1S/C13H19Cl2NOS/c1-2-11-18(17)13-5-3-12(4-6-13)16(9-7-14)10-8-15/h3-6H,2,7-11H2,1H3/t18-/m0/s1. The van der Waals surface area contributed by atoms with Crippen molar-refractivity contribution < 1.29 is 4.21 Å². The van der Waals surface area contributed by atoms with Crippen molar-refractivity contribution in [3.63, 3.8) is 0 Å². The van der Waals surface area contributed by atoms with E-state index in [-0.39, 0.29) is 0 Å². The van der Waals surface area contributed by atoms with Crippen LogP contribution in [0.25, 0.3) is 0 Å². The minimum absolute atomic E-state index is 0.570. The molecule has 1 aromatic rings. The Hall–Kier alpha value is -0.250. The van der Waals surface area contributed by atoms with Crippen molar-refractivity contribution in [2.75, 3.05) is 35.5 Å². The maximum absolute atomic E-state index is 11.8. The summed E-state index contributed by atoms with van der Waals surface area (Å²) < 4.78 is 11.8. The van der Waals surface area contributed by atoms with Crippen LogP contribution in [0.15, 0.2) is 29.2 Å². The molecule has 0 fully saturated rings. The molecule has 0 aliphatic heterocycles. The molecule has 0 radical (unpaired) electrons. The Morgan fingerprint density at radius 1 is 1.11 bits per heavy atom. The van der Waals surface area contributed by atoms with Crippen LogP contribution in [0, 0.1) is 0 Å². The summed E-state index contributed by atoms with van der Waals surface area (Å²) in [4.78, 5) is 3.02. The van der Waals surface area contributed by atoms with Gasteiger partial charge in [0.1, 0.15) is 0 Å². The highest BCUT2D eigenvalue weighted by atomic mass is 35.5. The van der Waals surface area contributed by atoms with Crippen molar-refractivity contribution in [1.29, 1.82) is 0 Å². The molecule has 1 rings (SSSR count). The lowest BCUT2D eigenvalue weighted by molar-refractivity contribution is 0.682. The average molecular weight is 308 g/mol. The van der Waals surface area contributed by atoms with Crippen LogP contribution in [-0.2, 0) is 10.8 Å². The molecule has 18 heavy (non-hydrogen) atoms. The summed E-state index contributed by atoms with van der Waals surface area (Å²) in [6.07, 6.45) is 0.930. The van der Waals surface area contributed by atoms with Gasteiger partial charge < -0.3 is 4.90 Å². The monoisotopic (exact) mass is 307 g/mol. The Morgan fingerprint density at radius 3 is 2.11 bits per heavy atom. The lowest BCUT2D eigenvalue weighted by atomic mass is 10.3. The number of halogens is 2. The quantitative estimate of drug-likeness (QED) is 0.685. The maximum Gasteiger partial charge on any atom is 0.0529 e. The molecular formula is C13H19Cl2NOS. The van der Waals surface area contributed by atoms with E-state index in [4.69, 9.17) is 23.2 Å². The molecule has 0 aliphatic carbocycles. The highest BCUT2D eigenvalue weighted by Gasteiger charge is 2.07. The molecule has 0 saturated heterocycles. The first-order valence-corrected chi connectivity index (χ1v) is 8.47.